The Morgan fingerprint density at radius 2 is 2.11 bits per heavy atom. The third-order valence-corrected chi connectivity index (χ3v) is 3.78. The molecule has 0 aliphatic rings. The van der Waals surface area contributed by atoms with Crippen molar-refractivity contribution >= 4 is 34.0 Å². The molecule has 0 fully saturated rings. The minimum absolute atomic E-state index is 0.0333. The van der Waals surface area contributed by atoms with Gasteiger partial charge in [0.2, 0.25) is 5.91 Å². The summed E-state index contributed by atoms with van der Waals surface area (Å²) in [5.41, 5.74) is 2.00. The Bertz CT molecular complexity index is 554. The first-order valence-corrected chi connectivity index (χ1v) is 7.44. The van der Waals surface area contributed by atoms with E-state index in [2.05, 4.69) is 10.3 Å². The number of nitrogens with zero attached hydrogens (tertiary/aromatic N) is 1. The van der Waals surface area contributed by atoms with Crippen LogP contribution in [0.4, 0.5) is 5.13 Å². The van der Waals surface area contributed by atoms with Gasteiger partial charge in [-0.3, -0.25) is 4.79 Å². The molecule has 2 aromatic rings. The van der Waals surface area contributed by atoms with E-state index in [0.717, 1.165) is 16.1 Å². The predicted molar refractivity (Wildman–Crippen MR) is 80.9 cm³/mol. The lowest BCUT2D eigenvalue weighted by Crippen LogP contribution is -2.10. The molecule has 0 unspecified atom stereocenters. The van der Waals surface area contributed by atoms with E-state index >= 15 is 0 Å². The van der Waals surface area contributed by atoms with Crippen molar-refractivity contribution in [3.63, 3.8) is 0 Å². The van der Waals surface area contributed by atoms with Crippen LogP contribution in [0.3, 0.4) is 0 Å². The number of hydrogen-bond acceptors (Lipinski definition) is 3. The number of carbonyl (C=O) groups excluding carboxylic acids is 1. The van der Waals surface area contributed by atoms with Crippen LogP contribution in [-0.4, -0.2) is 16.8 Å². The molecular weight excluding hydrogens is 280 g/mol. The van der Waals surface area contributed by atoms with Crippen LogP contribution < -0.4 is 5.32 Å². The largest absolute Gasteiger partial charge is 0.302 e. The second kappa shape index (κ2) is 6.68. The molecule has 1 aromatic carbocycles. The number of anilines is 1. The first-order valence-electron chi connectivity index (χ1n) is 6.09. The molecule has 0 aliphatic carbocycles. The van der Waals surface area contributed by atoms with Crippen LogP contribution in [0.2, 0.25) is 0 Å². The van der Waals surface area contributed by atoms with Crippen molar-refractivity contribution < 1.29 is 4.79 Å². The van der Waals surface area contributed by atoms with Gasteiger partial charge in [-0.05, 0) is 13.3 Å². The number of amides is 1. The maximum atomic E-state index is 11.6. The summed E-state index contributed by atoms with van der Waals surface area (Å²) >= 11 is 7.06. The number of aromatic nitrogens is 1. The molecule has 1 heterocycles. The fourth-order valence-electron chi connectivity index (χ4n) is 1.72. The second-order valence-electron chi connectivity index (χ2n) is 4.13. The highest BCUT2D eigenvalue weighted by molar-refractivity contribution is 7.16. The summed E-state index contributed by atoms with van der Waals surface area (Å²) < 4.78 is 0. The van der Waals surface area contributed by atoms with Gasteiger partial charge in [0.25, 0.3) is 0 Å². The number of benzene rings is 1. The summed E-state index contributed by atoms with van der Waals surface area (Å²) in [5, 5.41) is 3.47. The minimum atomic E-state index is -0.0333. The molecule has 1 aromatic heterocycles. The summed E-state index contributed by atoms with van der Waals surface area (Å²) in [5.74, 6) is 0.466. The maximum Gasteiger partial charge on any atom is 0.226 e. The molecule has 3 nitrogen and oxygen atoms in total. The van der Waals surface area contributed by atoms with Crippen molar-refractivity contribution in [2.24, 2.45) is 0 Å². The summed E-state index contributed by atoms with van der Waals surface area (Å²) in [4.78, 5) is 17.2. The molecule has 19 heavy (non-hydrogen) atoms. The van der Waals surface area contributed by atoms with E-state index in [4.69, 9.17) is 11.6 Å². The maximum absolute atomic E-state index is 11.6. The van der Waals surface area contributed by atoms with Gasteiger partial charge in [-0.25, -0.2) is 4.98 Å². The highest BCUT2D eigenvalue weighted by Crippen LogP contribution is 2.30. The molecule has 0 atom stereocenters. The number of carbonyl (C=O) groups is 1. The lowest BCUT2D eigenvalue weighted by molar-refractivity contribution is -0.116. The normalized spacial score (nSPS) is 10.4. The van der Waals surface area contributed by atoms with Crippen LogP contribution in [0.25, 0.3) is 11.3 Å². The average Bonchev–Trinajstić information content (AvgIpc) is 2.78. The summed E-state index contributed by atoms with van der Waals surface area (Å²) in [6.07, 6.45) is 1.12. The number of hydrogen-bond donors (Lipinski definition) is 1. The van der Waals surface area contributed by atoms with Crippen molar-refractivity contribution in [3.05, 3.63) is 35.2 Å². The van der Waals surface area contributed by atoms with Crippen molar-refractivity contribution in [2.45, 2.75) is 19.8 Å². The predicted octanol–water partition coefficient (Wildman–Crippen LogP) is 4.08. The van der Waals surface area contributed by atoms with Crippen molar-refractivity contribution in [2.75, 3.05) is 11.2 Å². The number of alkyl halides is 1. The third kappa shape index (κ3) is 3.78. The fourth-order valence-corrected chi connectivity index (χ4v) is 2.71. The topological polar surface area (TPSA) is 42.0 Å². The summed E-state index contributed by atoms with van der Waals surface area (Å²) in [6, 6.07) is 9.96. The summed E-state index contributed by atoms with van der Waals surface area (Å²) in [7, 11) is 0. The lowest BCUT2D eigenvalue weighted by Gasteiger charge is -1.99. The molecule has 1 N–H and O–H groups in total. The van der Waals surface area contributed by atoms with Gasteiger partial charge in [0, 0.05) is 22.7 Å². The Hall–Kier alpha value is -1.39. The van der Waals surface area contributed by atoms with Gasteiger partial charge in [-0.15, -0.1) is 22.9 Å². The molecule has 5 heteroatoms. The number of nitrogens with one attached hydrogen (secondary N) is 1. The molecular formula is C14H15ClN2OS. The van der Waals surface area contributed by atoms with Crippen molar-refractivity contribution in [3.8, 4) is 11.3 Å². The van der Waals surface area contributed by atoms with Crippen molar-refractivity contribution in [1.29, 1.82) is 0 Å². The van der Waals surface area contributed by atoms with E-state index in [1.807, 2.05) is 37.3 Å². The van der Waals surface area contributed by atoms with E-state index in [-0.39, 0.29) is 5.91 Å². The van der Waals surface area contributed by atoms with Crippen LogP contribution in [0.15, 0.2) is 30.3 Å². The minimum Gasteiger partial charge on any atom is -0.302 e. The van der Waals surface area contributed by atoms with Gasteiger partial charge in [-0.2, -0.15) is 0 Å². The number of halogens is 1. The molecule has 0 aliphatic heterocycles. The zero-order chi connectivity index (χ0) is 13.7. The second-order valence-corrected chi connectivity index (χ2v) is 5.71. The first-order chi connectivity index (χ1) is 9.20. The van der Waals surface area contributed by atoms with Crippen LogP contribution in [-0.2, 0) is 4.79 Å². The number of thiazole rings is 1. The van der Waals surface area contributed by atoms with Gasteiger partial charge in [-0.1, -0.05) is 30.3 Å². The number of rotatable bonds is 5. The fraction of sp³-hybridized carbons (Fsp3) is 0.286. The number of aryl methyl sites for hydroxylation is 1. The van der Waals surface area contributed by atoms with Gasteiger partial charge >= 0.3 is 0 Å². The molecule has 0 saturated carbocycles. The molecule has 0 bridgehead atoms. The van der Waals surface area contributed by atoms with Crippen LogP contribution in [0.1, 0.15) is 17.7 Å². The Morgan fingerprint density at radius 1 is 1.37 bits per heavy atom. The SMILES string of the molecule is Cc1sc(NC(=O)CCCCl)nc1-c1ccccc1. The molecule has 1 amide bonds. The standard InChI is InChI=1S/C14H15ClN2OS/c1-10-13(11-6-3-2-4-7-11)17-14(19-10)16-12(18)8-5-9-15/h2-4,6-7H,5,8-9H2,1H3,(H,16,17,18). The molecule has 100 valence electrons. The van der Waals surface area contributed by atoms with E-state index in [1.54, 1.807) is 0 Å². The third-order valence-electron chi connectivity index (χ3n) is 2.63. The van der Waals surface area contributed by atoms with Gasteiger partial charge < -0.3 is 5.32 Å². The molecule has 0 radical (unpaired) electrons. The first kappa shape index (κ1) is 14.0. The smallest absolute Gasteiger partial charge is 0.226 e. The van der Waals surface area contributed by atoms with Crippen LogP contribution in [0, 0.1) is 6.92 Å². The molecule has 2 rings (SSSR count). The van der Waals surface area contributed by atoms with E-state index in [0.29, 0.717) is 23.9 Å². The quantitative estimate of drug-likeness (QED) is 0.844. The zero-order valence-corrected chi connectivity index (χ0v) is 12.2. The zero-order valence-electron chi connectivity index (χ0n) is 10.6. The van der Waals surface area contributed by atoms with Gasteiger partial charge in [0.1, 0.15) is 0 Å². The van der Waals surface area contributed by atoms with Gasteiger partial charge in [0.15, 0.2) is 5.13 Å². The van der Waals surface area contributed by atoms with Crippen LogP contribution in [0.5, 0.6) is 0 Å². The van der Waals surface area contributed by atoms with Gasteiger partial charge in [0.05, 0.1) is 5.69 Å². The Morgan fingerprint density at radius 3 is 2.79 bits per heavy atom. The Labute approximate surface area is 121 Å². The average molecular weight is 295 g/mol. The van der Waals surface area contributed by atoms with E-state index < -0.39 is 0 Å². The highest BCUT2D eigenvalue weighted by Gasteiger charge is 2.11. The van der Waals surface area contributed by atoms with Crippen LogP contribution >= 0.6 is 22.9 Å². The van der Waals surface area contributed by atoms with E-state index in [1.165, 1.54) is 11.3 Å². The Balaban J connectivity index is 2.11. The lowest BCUT2D eigenvalue weighted by atomic mass is 10.1. The molecule has 0 spiro atoms. The monoisotopic (exact) mass is 294 g/mol. The highest BCUT2D eigenvalue weighted by atomic mass is 35.5. The molecule has 0 saturated heterocycles. The van der Waals surface area contributed by atoms with Crippen molar-refractivity contribution in [1.82, 2.24) is 4.98 Å². The van der Waals surface area contributed by atoms with E-state index in [9.17, 15) is 4.79 Å². The summed E-state index contributed by atoms with van der Waals surface area (Å²) in [6.45, 7) is 2.01. The Kier molecular flexibility index (Phi) is 4.93.